The van der Waals surface area contributed by atoms with Crippen molar-refractivity contribution < 1.29 is 31.5 Å². The zero-order valence-electron chi connectivity index (χ0n) is 14.5. The van der Waals surface area contributed by atoms with E-state index in [4.69, 9.17) is 0 Å². The van der Waals surface area contributed by atoms with Gasteiger partial charge in [0.05, 0.1) is 24.8 Å². The number of nitrogens with one attached hydrogen (secondary N) is 1. The number of hydrogen-bond acceptors (Lipinski definition) is 9. The standard InChI is InChI=1S/C14H14F2N4O5S3/c1-25-12(22)7-26-14-19-18-13(27-14)17-11(21)6-20(28(2,23)24)8-3-4-9(15)10(16)5-8/h3-5H,6-7H2,1-2H3,(H,17,18,21). The lowest BCUT2D eigenvalue weighted by Gasteiger charge is -2.21. The number of amides is 1. The number of ether oxygens (including phenoxy) is 1. The smallest absolute Gasteiger partial charge is 0.316 e. The van der Waals surface area contributed by atoms with Crippen molar-refractivity contribution in [3.8, 4) is 0 Å². The van der Waals surface area contributed by atoms with Crippen molar-refractivity contribution in [1.82, 2.24) is 10.2 Å². The van der Waals surface area contributed by atoms with Crippen LogP contribution in [0.5, 0.6) is 0 Å². The average molecular weight is 452 g/mol. The lowest BCUT2D eigenvalue weighted by molar-refractivity contribution is -0.137. The molecule has 0 unspecified atom stereocenters. The van der Waals surface area contributed by atoms with Gasteiger partial charge in [-0.1, -0.05) is 23.1 Å². The molecule has 1 N–H and O–H groups in total. The van der Waals surface area contributed by atoms with E-state index in [9.17, 15) is 26.8 Å². The van der Waals surface area contributed by atoms with Crippen LogP contribution in [0.3, 0.4) is 0 Å². The summed E-state index contributed by atoms with van der Waals surface area (Å²) in [5.74, 6) is -3.61. The van der Waals surface area contributed by atoms with Crippen LogP contribution in [0.1, 0.15) is 0 Å². The van der Waals surface area contributed by atoms with Gasteiger partial charge in [0.15, 0.2) is 16.0 Å². The Bertz CT molecular complexity index is 983. The van der Waals surface area contributed by atoms with Crippen molar-refractivity contribution in [3.05, 3.63) is 29.8 Å². The zero-order chi connectivity index (χ0) is 20.9. The molecule has 0 aliphatic rings. The lowest BCUT2D eigenvalue weighted by Crippen LogP contribution is -2.37. The molecule has 0 saturated heterocycles. The van der Waals surface area contributed by atoms with Gasteiger partial charge in [0.25, 0.3) is 0 Å². The zero-order valence-corrected chi connectivity index (χ0v) is 17.0. The number of halogens is 2. The number of sulfonamides is 1. The number of carbonyl (C=O) groups is 2. The first-order chi connectivity index (χ1) is 13.1. The van der Waals surface area contributed by atoms with E-state index in [-0.39, 0.29) is 16.6 Å². The van der Waals surface area contributed by atoms with Crippen molar-refractivity contribution >= 4 is 55.8 Å². The predicted molar refractivity (Wildman–Crippen MR) is 99.8 cm³/mol. The molecule has 152 valence electrons. The molecule has 0 bridgehead atoms. The number of esters is 1. The number of rotatable bonds is 8. The van der Waals surface area contributed by atoms with Crippen LogP contribution in [0.15, 0.2) is 22.5 Å². The van der Waals surface area contributed by atoms with E-state index in [0.717, 1.165) is 41.5 Å². The Morgan fingerprint density at radius 1 is 1.29 bits per heavy atom. The van der Waals surface area contributed by atoms with Gasteiger partial charge in [0.1, 0.15) is 6.54 Å². The third-order valence-electron chi connectivity index (χ3n) is 3.07. The summed E-state index contributed by atoms with van der Waals surface area (Å²) in [5.41, 5.74) is -0.205. The van der Waals surface area contributed by atoms with E-state index in [0.29, 0.717) is 14.7 Å². The molecule has 28 heavy (non-hydrogen) atoms. The van der Waals surface area contributed by atoms with Crippen LogP contribution in [0.25, 0.3) is 0 Å². The van der Waals surface area contributed by atoms with Gasteiger partial charge in [-0.15, -0.1) is 10.2 Å². The number of anilines is 2. The van der Waals surface area contributed by atoms with Crippen LogP contribution in [-0.2, 0) is 24.3 Å². The van der Waals surface area contributed by atoms with E-state index in [2.05, 4.69) is 20.3 Å². The number of thioether (sulfide) groups is 1. The predicted octanol–water partition coefficient (Wildman–Crippen LogP) is 1.49. The largest absolute Gasteiger partial charge is 0.468 e. The first-order valence-electron chi connectivity index (χ1n) is 7.36. The maximum absolute atomic E-state index is 13.4. The van der Waals surface area contributed by atoms with Crippen molar-refractivity contribution in [2.24, 2.45) is 0 Å². The third-order valence-corrected chi connectivity index (χ3v) is 6.16. The van der Waals surface area contributed by atoms with Crippen molar-refractivity contribution in [2.45, 2.75) is 4.34 Å². The van der Waals surface area contributed by atoms with E-state index in [1.54, 1.807) is 0 Å². The van der Waals surface area contributed by atoms with Crippen molar-refractivity contribution in [2.75, 3.05) is 35.3 Å². The summed E-state index contributed by atoms with van der Waals surface area (Å²) in [6.07, 6.45) is 0.827. The minimum atomic E-state index is -3.96. The summed E-state index contributed by atoms with van der Waals surface area (Å²) in [6, 6.07) is 2.48. The first-order valence-corrected chi connectivity index (χ1v) is 11.0. The molecular weight excluding hydrogens is 438 g/mol. The average Bonchev–Trinajstić information content (AvgIpc) is 3.06. The monoisotopic (exact) mass is 452 g/mol. The Balaban J connectivity index is 2.07. The van der Waals surface area contributed by atoms with Crippen LogP contribution < -0.4 is 9.62 Å². The highest BCUT2D eigenvalue weighted by molar-refractivity contribution is 8.01. The van der Waals surface area contributed by atoms with Crippen molar-refractivity contribution in [3.63, 3.8) is 0 Å². The second kappa shape index (κ2) is 9.25. The van der Waals surface area contributed by atoms with Gasteiger partial charge in [-0.2, -0.15) is 0 Å². The van der Waals surface area contributed by atoms with Gasteiger partial charge in [0, 0.05) is 6.07 Å². The molecule has 0 fully saturated rings. The number of carbonyl (C=O) groups excluding carboxylic acids is 2. The van der Waals surface area contributed by atoms with Gasteiger partial charge in [-0.05, 0) is 12.1 Å². The molecule has 0 atom stereocenters. The third kappa shape index (κ3) is 6.10. The number of methoxy groups -OCH3 is 1. The maximum atomic E-state index is 13.4. The van der Waals surface area contributed by atoms with E-state index in [1.807, 2.05) is 0 Å². The van der Waals surface area contributed by atoms with Crippen LogP contribution in [-0.4, -0.2) is 56.2 Å². The van der Waals surface area contributed by atoms with E-state index < -0.39 is 40.1 Å². The summed E-state index contributed by atoms with van der Waals surface area (Å²) >= 11 is 2.03. The minimum Gasteiger partial charge on any atom is -0.468 e. The molecule has 9 nitrogen and oxygen atoms in total. The Morgan fingerprint density at radius 3 is 2.61 bits per heavy atom. The Kier molecular flexibility index (Phi) is 7.26. The fourth-order valence-corrected chi connectivity index (χ4v) is 4.28. The molecule has 1 aromatic heterocycles. The molecule has 0 aliphatic carbocycles. The molecule has 0 saturated carbocycles. The molecular formula is C14H14F2N4O5S3. The molecule has 0 radical (unpaired) electrons. The summed E-state index contributed by atoms with van der Waals surface area (Å²) in [5, 5.41) is 9.93. The molecule has 2 aromatic rings. The Labute approximate surface area is 167 Å². The fraction of sp³-hybridized carbons (Fsp3) is 0.286. The Hall–Kier alpha value is -2.32. The van der Waals surface area contributed by atoms with Gasteiger partial charge in [-0.3, -0.25) is 19.2 Å². The molecule has 0 spiro atoms. The minimum absolute atomic E-state index is 0.0110. The van der Waals surface area contributed by atoms with Crippen LogP contribution in [0, 0.1) is 11.6 Å². The fourth-order valence-electron chi connectivity index (χ4n) is 1.83. The van der Waals surface area contributed by atoms with E-state index >= 15 is 0 Å². The van der Waals surface area contributed by atoms with Gasteiger partial charge < -0.3 is 4.74 Å². The number of benzene rings is 1. The van der Waals surface area contributed by atoms with Gasteiger partial charge in [0.2, 0.25) is 21.1 Å². The summed E-state index contributed by atoms with van der Waals surface area (Å²) in [7, 11) is -2.71. The van der Waals surface area contributed by atoms with Crippen LogP contribution in [0.2, 0.25) is 0 Å². The number of hydrogen-bond donors (Lipinski definition) is 1. The topological polar surface area (TPSA) is 119 Å². The molecule has 14 heteroatoms. The molecule has 0 aliphatic heterocycles. The SMILES string of the molecule is COC(=O)CSc1nnc(NC(=O)CN(c2ccc(F)c(F)c2)S(C)(=O)=O)s1. The van der Waals surface area contributed by atoms with Crippen LogP contribution >= 0.6 is 23.1 Å². The lowest BCUT2D eigenvalue weighted by atomic mass is 10.3. The number of aromatic nitrogens is 2. The summed E-state index contributed by atoms with van der Waals surface area (Å²) in [4.78, 5) is 23.3. The van der Waals surface area contributed by atoms with Crippen molar-refractivity contribution in [1.29, 1.82) is 0 Å². The normalized spacial score (nSPS) is 11.1. The molecule has 1 aromatic carbocycles. The maximum Gasteiger partial charge on any atom is 0.316 e. The highest BCUT2D eigenvalue weighted by Gasteiger charge is 2.23. The first kappa shape index (κ1) is 22.0. The molecule has 1 amide bonds. The highest BCUT2D eigenvalue weighted by Crippen LogP contribution is 2.26. The second-order valence-corrected chi connectivity index (χ2v) is 9.26. The summed E-state index contributed by atoms with van der Waals surface area (Å²) in [6.45, 7) is -0.686. The second-order valence-electron chi connectivity index (χ2n) is 5.15. The Morgan fingerprint density at radius 2 is 2.00 bits per heavy atom. The van der Waals surface area contributed by atoms with Gasteiger partial charge >= 0.3 is 5.97 Å². The van der Waals surface area contributed by atoms with Gasteiger partial charge in [-0.25, -0.2) is 17.2 Å². The molecule has 1 heterocycles. The quantitative estimate of drug-likeness (QED) is 0.364. The summed E-state index contributed by atoms with van der Waals surface area (Å²) < 4.78 is 55.9. The highest BCUT2D eigenvalue weighted by atomic mass is 32.2. The molecule has 2 rings (SSSR count). The number of nitrogens with zero attached hydrogens (tertiary/aromatic N) is 3. The van der Waals surface area contributed by atoms with E-state index in [1.165, 1.54) is 7.11 Å². The van der Waals surface area contributed by atoms with Crippen LogP contribution in [0.4, 0.5) is 19.6 Å².